The number of nitrogens with one attached hydrogen (secondary N) is 2. The summed E-state index contributed by atoms with van der Waals surface area (Å²) in [5, 5.41) is 25.4. The Morgan fingerprint density at radius 2 is 1.92 bits per heavy atom. The lowest BCUT2D eigenvalue weighted by molar-refractivity contribution is -0.384. The number of aliphatic hydroxyl groups excluding tert-OH is 1. The van der Waals surface area contributed by atoms with E-state index in [1.165, 1.54) is 18.2 Å². The van der Waals surface area contributed by atoms with Crippen LogP contribution in [0.5, 0.6) is 0 Å². The van der Waals surface area contributed by atoms with Crippen LogP contribution in [0.15, 0.2) is 18.2 Å². The molecular formula is C16H23N3O5. The summed E-state index contributed by atoms with van der Waals surface area (Å²) >= 11 is 0. The number of rotatable bonds is 5. The number of nitro benzene ring substituents is 1. The van der Waals surface area contributed by atoms with Gasteiger partial charge in [-0.2, -0.15) is 0 Å². The number of aliphatic hydroxyl groups is 1. The summed E-state index contributed by atoms with van der Waals surface area (Å²) in [7, 11) is 0. The smallest absolute Gasteiger partial charge is 0.313 e. The highest BCUT2D eigenvalue weighted by Crippen LogP contribution is 2.22. The molecule has 24 heavy (non-hydrogen) atoms. The number of aryl methyl sites for hydroxylation is 1. The van der Waals surface area contributed by atoms with E-state index in [4.69, 9.17) is 0 Å². The molecule has 3 N–H and O–H groups in total. The number of carbonyl (C=O) groups is 2. The number of hydrogen-bond acceptors (Lipinski definition) is 5. The third-order valence-corrected chi connectivity index (χ3v) is 3.58. The first-order valence-electron chi connectivity index (χ1n) is 7.54. The molecule has 1 aromatic rings. The molecule has 0 saturated carbocycles. The molecule has 0 aromatic heterocycles. The molecule has 2 amide bonds. The number of non-ortho nitro benzene ring substituents is 1. The van der Waals surface area contributed by atoms with Crippen molar-refractivity contribution in [3.8, 4) is 0 Å². The van der Waals surface area contributed by atoms with E-state index >= 15 is 0 Å². The molecule has 1 rings (SSSR count). The molecule has 0 aliphatic rings. The minimum absolute atomic E-state index is 0.0916. The number of nitro groups is 1. The van der Waals surface area contributed by atoms with Crippen molar-refractivity contribution < 1.29 is 19.6 Å². The standard InChI is InChI=1S/C16H23N3O5/c1-10-9-11(19(23)24)5-6-12(10)18-15(22)14(21)17-8-7-13(20)16(2,3)4/h5-6,9,13,20H,7-8H2,1-4H3,(H,17,21)(H,18,22). The summed E-state index contributed by atoms with van der Waals surface area (Å²) < 4.78 is 0. The zero-order valence-electron chi connectivity index (χ0n) is 14.3. The lowest BCUT2D eigenvalue weighted by Gasteiger charge is -2.25. The van der Waals surface area contributed by atoms with E-state index in [9.17, 15) is 24.8 Å². The topological polar surface area (TPSA) is 122 Å². The van der Waals surface area contributed by atoms with Crippen molar-refractivity contribution in [3.63, 3.8) is 0 Å². The zero-order chi connectivity index (χ0) is 18.5. The molecule has 1 unspecified atom stereocenters. The lowest BCUT2D eigenvalue weighted by Crippen LogP contribution is -2.38. The summed E-state index contributed by atoms with van der Waals surface area (Å²) in [5.41, 5.74) is 0.415. The van der Waals surface area contributed by atoms with Crippen molar-refractivity contribution in [1.82, 2.24) is 5.32 Å². The maximum atomic E-state index is 11.8. The summed E-state index contributed by atoms with van der Waals surface area (Å²) in [4.78, 5) is 33.7. The molecule has 0 bridgehead atoms. The largest absolute Gasteiger partial charge is 0.393 e. The fourth-order valence-electron chi connectivity index (χ4n) is 1.92. The van der Waals surface area contributed by atoms with Gasteiger partial charge in [0.2, 0.25) is 0 Å². The van der Waals surface area contributed by atoms with Gasteiger partial charge in [-0.05, 0) is 30.4 Å². The van der Waals surface area contributed by atoms with Crippen molar-refractivity contribution in [1.29, 1.82) is 0 Å². The highest BCUT2D eigenvalue weighted by atomic mass is 16.6. The van der Waals surface area contributed by atoms with Crippen LogP contribution in [0.4, 0.5) is 11.4 Å². The van der Waals surface area contributed by atoms with Crippen molar-refractivity contribution in [2.45, 2.75) is 40.2 Å². The van der Waals surface area contributed by atoms with Crippen molar-refractivity contribution in [2.24, 2.45) is 5.41 Å². The molecule has 0 spiro atoms. The Kier molecular flexibility index (Phi) is 6.42. The molecular weight excluding hydrogens is 314 g/mol. The highest BCUT2D eigenvalue weighted by molar-refractivity contribution is 6.39. The molecule has 0 aliphatic carbocycles. The molecule has 132 valence electrons. The van der Waals surface area contributed by atoms with Gasteiger partial charge < -0.3 is 15.7 Å². The van der Waals surface area contributed by atoms with E-state index in [2.05, 4.69) is 10.6 Å². The van der Waals surface area contributed by atoms with Crippen LogP contribution in [0.3, 0.4) is 0 Å². The van der Waals surface area contributed by atoms with Gasteiger partial charge in [-0.25, -0.2) is 0 Å². The quantitative estimate of drug-likeness (QED) is 0.429. The molecule has 0 aliphatic heterocycles. The second kappa shape index (κ2) is 7.87. The van der Waals surface area contributed by atoms with Crippen LogP contribution in [0.1, 0.15) is 32.8 Å². The number of nitrogens with zero attached hydrogens (tertiary/aromatic N) is 1. The average Bonchev–Trinajstić information content (AvgIpc) is 2.47. The van der Waals surface area contributed by atoms with E-state index in [-0.39, 0.29) is 17.6 Å². The summed E-state index contributed by atoms with van der Waals surface area (Å²) in [6.45, 7) is 7.40. The second-order valence-corrected chi connectivity index (χ2v) is 6.64. The normalized spacial score (nSPS) is 12.4. The average molecular weight is 337 g/mol. The van der Waals surface area contributed by atoms with Gasteiger partial charge in [-0.1, -0.05) is 20.8 Å². The van der Waals surface area contributed by atoms with Crippen LogP contribution in [-0.4, -0.2) is 34.5 Å². The fourth-order valence-corrected chi connectivity index (χ4v) is 1.92. The van der Waals surface area contributed by atoms with E-state index < -0.39 is 22.8 Å². The maximum absolute atomic E-state index is 11.8. The number of benzene rings is 1. The molecule has 8 heteroatoms. The summed E-state index contributed by atoms with van der Waals surface area (Å²) in [5.74, 6) is -1.69. The van der Waals surface area contributed by atoms with Crippen LogP contribution in [0.2, 0.25) is 0 Å². The molecule has 1 aromatic carbocycles. The van der Waals surface area contributed by atoms with Crippen LogP contribution >= 0.6 is 0 Å². The highest BCUT2D eigenvalue weighted by Gasteiger charge is 2.22. The van der Waals surface area contributed by atoms with E-state index in [0.717, 1.165) is 0 Å². The van der Waals surface area contributed by atoms with Gasteiger partial charge in [-0.15, -0.1) is 0 Å². The van der Waals surface area contributed by atoms with Crippen LogP contribution < -0.4 is 10.6 Å². The van der Waals surface area contributed by atoms with Gasteiger partial charge in [0.05, 0.1) is 11.0 Å². The third-order valence-electron chi connectivity index (χ3n) is 3.58. The monoisotopic (exact) mass is 337 g/mol. The van der Waals surface area contributed by atoms with Crippen molar-refractivity contribution in [2.75, 3.05) is 11.9 Å². The molecule has 0 radical (unpaired) electrons. The van der Waals surface area contributed by atoms with E-state index in [0.29, 0.717) is 17.7 Å². The summed E-state index contributed by atoms with van der Waals surface area (Å²) in [6, 6.07) is 3.94. The first kappa shape index (κ1) is 19.6. The number of anilines is 1. The maximum Gasteiger partial charge on any atom is 0.313 e. The van der Waals surface area contributed by atoms with Gasteiger partial charge in [-0.3, -0.25) is 19.7 Å². The van der Waals surface area contributed by atoms with E-state index in [1.54, 1.807) is 6.92 Å². The SMILES string of the molecule is Cc1cc([N+](=O)[O-])ccc1NC(=O)C(=O)NCCC(O)C(C)(C)C. The Labute approximate surface area is 140 Å². The Morgan fingerprint density at radius 1 is 1.29 bits per heavy atom. The predicted molar refractivity (Wildman–Crippen MR) is 89.6 cm³/mol. The molecule has 1 atom stereocenters. The number of carbonyl (C=O) groups excluding carboxylic acids is 2. The number of hydrogen-bond donors (Lipinski definition) is 3. The minimum Gasteiger partial charge on any atom is -0.393 e. The van der Waals surface area contributed by atoms with Crippen LogP contribution in [-0.2, 0) is 9.59 Å². The van der Waals surface area contributed by atoms with Crippen molar-refractivity contribution in [3.05, 3.63) is 33.9 Å². The molecule has 0 saturated heterocycles. The first-order valence-corrected chi connectivity index (χ1v) is 7.54. The van der Waals surface area contributed by atoms with E-state index in [1.807, 2.05) is 20.8 Å². The third kappa shape index (κ3) is 5.62. The Hall–Kier alpha value is -2.48. The Balaban J connectivity index is 2.56. The molecule has 8 nitrogen and oxygen atoms in total. The van der Waals surface area contributed by atoms with Gasteiger partial charge in [0, 0.05) is 24.4 Å². The lowest BCUT2D eigenvalue weighted by atomic mass is 9.87. The first-order chi connectivity index (χ1) is 11.0. The van der Waals surface area contributed by atoms with Gasteiger partial charge in [0.25, 0.3) is 5.69 Å². The van der Waals surface area contributed by atoms with Crippen molar-refractivity contribution >= 4 is 23.2 Å². The minimum atomic E-state index is -0.864. The Bertz CT molecular complexity index is 637. The van der Waals surface area contributed by atoms with Gasteiger partial charge >= 0.3 is 11.8 Å². The fraction of sp³-hybridized carbons (Fsp3) is 0.500. The molecule has 0 fully saturated rings. The van der Waals surface area contributed by atoms with Crippen LogP contribution in [0.25, 0.3) is 0 Å². The summed E-state index contributed by atoms with van der Waals surface area (Å²) in [6.07, 6.45) is -0.267. The second-order valence-electron chi connectivity index (χ2n) is 6.64. The van der Waals surface area contributed by atoms with Gasteiger partial charge in [0.1, 0.15) is 0 Å². The Morgan fingerprint density at radius 3 is 2.42 bits per heavy atom. The number of amides is 2. The van der Waals surface area contributed by atoms with Gasteiger partial charge in [0.15, 0.2) is 0 Å². The molecule has 0 heterocycles. The predicted octanol–water partition coefficient (Wildman–Crippen LogP) is 1.76. The van der Waals surface area contributed by atoms with Crippen LogP contribution in [0, 0.1) is 22.5 Å². The zero-order valence-corrected chi connectivity index (χ0v) is 14.3.